The Labute approximate surface area is 133 Å². The number of fused-ring (bicyclic) bond motifs is 1. The van der Waals surface area contributed by atoms with E-state index >= 15 is 0 Å². The van der Waals surface area contributed by atoms with Gasteiger partial charge >= 0.3 is 0 Å². The molecular weight excluding hydrogens is 298 g/mol. The van der Waals surface area contributed by atoms with Crippen molar-refractivity contribution in [3.63, 3.8) is 0 Å². The normalized spacial score (nSPS) is 18.3. The molecule has 1 atom stereocenters. The zero-order chi connectivity index (χ0) is 15.1. The second-order valence-corrected chi connectivity index (χ2v) is 6.05. The van der Waals surface area contributed by atoms with E-state index in [2.05, 4.69) is 26.0 Å². The van der Waals surface area contributed by atoms with E-state index in [4.69, 9.17) is 11.6 Å². The highest BCUT2D eigenvalue weighted by Gasteiger charge is 2.29. The fourth-order valence-electron chi connectivity index (χ4n) is 3.26. The van der Waals surface area contributed by atoms with Crippen molar-refractivity contribution in [3.8, 4) is 0 Å². The van der Waals surface area contributed by atoms with E-state index in [1.807, 2.05) is 31.4 Å². The first-order chi connectivity index (χ1) is 10.7. The van der Waals surface area contributed by atoms with E-state index in [1.54, 1.807) is 11.0 Å². The highest BCUT2D eigenvalue weighted by Crippen LogP contribution is 2.38. The number of hydrogen-bond acceptors (Lipinski definition) is 4. The van der Waals surface area contributed by atoms with Gasteiger partial charge in [0.05, 0.1) is 17.6 Å². The van der Waals surface area contributed by atoms with E-state index in [-0.39, 0.29) is 0 Å². The fourth-order valence-corrected chi connectivity index (χ4v) is 3.46. The Hall–Kier alpha value is -2.14. The van der Waals surface area contributed by atoms with Crippen LogP contribution in [0.5, 0.6) is 0 Å². The Morgan fingerprint density at radius 1 is 1.27 bits per heavy atom. The lowest BCUT2D eigenvalue weighted by Gasteiger charge is -2.26. The van der Waals surface area contributed by atoms with E-state index in [0.717, 1.165) is 41.3 Å². The molecule has 2 aromatic heterocycles. The molecule has 1 aromatic carbocycles. The smallest absolute Gasteiger partial charge is 0.163 e. The van der Waals surface area contributed by atoms with Gasteiger partial charge in [0.25, 0.3) is 0 Å². The van der Waals surface area contributed by atoms with Gasteiger partial charge in [0.2, 0.25) is 0 Å². The molecule has 4 rings (SSSR count). The van der Waals surface area contributed by atoms with Gasteiger partial charge in [0.15, 0.2) is 5.65 Å². The van der Waals surface area contributed by atoms with Crippen molar-refractivity contribution in [2.24, 2.45) is 7.05 Å². The van der Waals surface area contributed by atoms with E-state index in [9.17, 15) is 0 Å². The topological polar surface area (TPSA) is 46.8 Å². The molecule has 3 heterocycles. The number of rotatable bonds is 2. The van der Waals surface area contributed by atoms with Crippen LogP contribution in [0.1, 0.15) is 24.4 Å². The maximum absolute atomic E-state index is 6.16. The summed E-state index contributed by atoms with van der Waals surface area (Å²) in [4.78, 5) is 11.2. The molecule has 5 nitrogen and oxygen atoms in total. The van der Waals surface area contributed by atoms with Crippen molar-refractivity contribution >= 4 is 28.5 Å². The van der Waals surface area contributed by atoms with Crippen molar-refractivity contribution in [1.82, 2.24) is 19.7 Å². The van der Waals surface area contributed by atoms with Crippen LogP contribution in [0.15, 0.2) is 36.8 Å². The predicted molar refractivity (Wildman–Crippen MR) is 87.1 cm³/mol. The van der Waals surface area contributed by atoms with E-state index < -0.39 is 0 Å². The van der Waals surface area contributed by atoms with Gasteiger partial charge < -0.3 is 4.90 Å². The third-order valence-electron chi connectivity index (χ3n) is 4.27. The molecule has 0 amide bonds. The van der Waals surface area contributed by atoms with Gasteiger partial charge in [-0.05, 0) is 30.5 Å². The average molecular weight is 314 g/mol. The summed E-state index contributed by atoms with van der Waals surface area (Å²) in [5.74, 6) is 0.959. The Morgan fingerprint density at radius 3 is 3.05 bits per heavy atom. The molecule has 0 unspecified atom stereocenters. The molecule has 1 fully saturated rings. The minimum absolute atomic E-state index is 0.303. The Kier molecular flexibility index (Phi) is 3.22. The minimum atomic E-state index is 0.303. The van der Waals surface area contributed by atoms with Gasteiger partial charge in [-0.15, -0.1) is 0 Å². The molecule has 22 heavy (non-hydrogen) atoms. The lowest BCUT2D eigenvalue weighted by Crippen LogP contribution is -2.23. The van der Waals surface area contributed by atoms with Crippen LogP contribution in [-0.4, -0.2) is 26.3 Å². The number of hydrogen-bond donors (Lipinski definition) is 0. The van der Waals surface area contributed by atoms with Gasteiger partial charge in [-0.25, -0.2) is 9.97 Å². The summed E-state index contributed by atoms with van der Waals surface area (Å²) >= 11 is 6.16. The molecule has 0 radical (unpaired) electrons. The van der Waals surface area contributed by atoms with Gasteiger partial charge in [-0.2, -0.15) is 5.10 Å². The van der Waals surface area contributed by atoms with Gasteiger partial charge in [0, 0.05) is 18.6 Å². The number of anilines is 1. The van der Waals surface area contributed by atoms with Gasteiger partial charge in [-0.3, -0.25) is 4.68 Å². The van der Waals surface area contributed by atoms with Crippen LogP contribution in [0.4, 0.5) is 5.82 Å². The lowest BCUT2D eigenvalue weighted by molar-refractivity contribution is 0.713. The van der Waals surface area contributed by atoms with E-state index in [0.29, 0.717) is 6.04 Å². The number of halogens is 1. The summed E-state index contributed by atoms with van der Waals surface area (Å²) < 4.78 is 1.78. The number of aromatic nitrogens is 4. The SMILES string of the molecule is Cn1ncc2c(N3CCC[C@H]3c3cccc(Cl)c3)ncnc21. The molecule has 3 aromatic rings. The van der Waals surface area contributed by atoms with Crippen LogP contribution in [-0.2, 0) is 7.05 Å². The summed E-state index contributed by atoms with van der Waals surface area (Å²) in [6.45, 7) is 0.984. The average Bonchev–Trinajstić information content (AvgIpc) is 3.14. The van der Waals surface area contributed by atoms with Crippen molar-refractivity contribution in [2.45, 2.75) is 18.9 Å². The monoisotopic (exact) mass is 313 g/mol. The largest absolute Gasteiger partial charge is 0.349 e. The molecule has 1 aliphatic heterocycles. The summed E-state index contributed by atoms with van der Waals surface area (Å²) in [5.41, 5.74) is 2.10. The first kappa shape index (κ1) is 13.5. The maximum Gasteiger partial charge on any atom is 0.163 e. The summed E-state index contributed by atoms with van der Waals surface area (Å²) in [6.07, 6.45) is 5.71. The molecular formula is C16H16ClN5. The van der Waals surface area contributed by atoms with Crippen molar-refractivity contribution in [1.29, 1.82) is 0 Å². The highest BCUT2D eigenvalue weighted by molar-refractivity contribution is 6.30. The number of aryl methyl sites for hydroxylation is 1. The molecule has 1 saturated heterocycles. The first-order valence-electron chi connectivity index (χ1n) is 7.39. The van der Waals surface area contributed by atoms with Crippen molar-refractivity contribution in [3.05, 3.63) is 47.4 Å². The molecule has 0 N–H and O–H groups in total. The van der Waals surface area contributed by atoms with Gasteiger partial charge in [0.1, 0.15) is 12.1 Å². The molecule has 0 bridgehead atoms. The molecule has 0 saturated carbocycles. The zero-order valence-corrected chi connectivity index (χ0v) is 13.0. The van der Waals surface area contributed by atoms with Crippen LogP contribution in [0.3, 0.4) is 0 Å². The van der Waals surface area contributed by atoms with Crippen molar-refractivity contribution in [2.75, 3.05) is 11.4 Å². The second kappa shape index (κ2) is 5.25. The molecule has 0 spiro atoms. The predicted octanol–water partition coefficient (Wildman–Crippen LogP) is 3.36. The Balaban J connectivity index is 1.80. The van der Waals surface area contributed by atoms with Crippen LogP contribution in [0.2, 0.25) is 5.02 Å². The third-order valence-corrected chi connectivity index (χ3v) is 4.50. The van der Waals surface area contributed by atoms with Crippen LogP contribution >= 0.6 is 11.6 Å². The highest BCUT2D eigenvalue weighted by atomic mass is 35.5. The second-order valence-electron chi connectivity index (χ2n) is 5.61. The third kappa shape index (κ3) is 2.13. The Bertz CT molecular complexity index is 828. The van der Waals surface area contributed by atoms with E-state index in [1.165, 1.54) is 5.56 Å². The van der Waals surface area contributed by atoms with Crippen LogP contribution in [0.25, 0.3) is 11.0 Å². The summed E-state index contributed by atoms with van der Waals surface area (Å²) in [6, 6.07) is 8.40. The molecule has 112 valence electrons. The van der Waals surface area contributed by atoms with Crippen LogP contribution in [0, 0.1) is 0 Å². The summed E-state index contributed by atoms with van der Waals surface area (Å²) in [7, 11) is 1.90. The quantitative estimate of drug-likeness (QED) is 0.728. The van der Waals surface area contributed by atoms with Crippen molar-refractivity contribution < 1.29 is 0 Å². The van der Waals surface area contributed by atoms with Gasteiger partial charge in [-0.1, -0.05) is 23.7 Å². The fraction of sp³-hybridized carbons (Fsp3) is 0.312. The summed E-state index contributed by atoms with van der Waals surface area (Å²) in [5, 5.41) is 6.08. The number of benzene rings is 1. The Morgan fingerprint density at radius 2 is 2.18 bits per heavy atom. The lowest BCUT2D eigenvalue weighted by atomic mass is 10.0. The number of nitrogens with zero attached hydrogens (tertiary/aromatic N) is 5. The maximum atomic E-state index is 6.16. The molecule has 6 heteroatoms. The zero-order valence-electron chi connectivity index (χ0n) is 12.3. The van der Waals surface area contributed by atoms with Crippen LogP contribution < -0.4 is 4.90 Å². The first-order valence-corrected chi connectivity index (χ1v) is 7.76. The molecule has 1 aliphatic rings. The minimum Gasteiger partial charge on any atom is -0.349 e. The standard InChI is InChI=1S/C16H16ClN5/c1-21-15-13(9-20-21)16(19-10-18-15)22-7-3-6-14(22)11-4-2-5-12(17)8-11/h2,4-5,8-10,14H,3,6-7H2,1H3/t14-/m0/s1. The molecule has 0 aliphatic carbocycles.